The van der Waals surface area contributed by atoms with Crippen LogP contribution in [0.3, 0.4) is 0 Å². The number of nitrogens with zero attached hydrogens (tertiary/aromatic N) is 2. The SMILES string of the molecule is CCOC(=O)C[C@@H](C)C/C(=N/C)c1ccccn1. The van der Waals surface area contributed by atoms with Gasteiger partial charge in [0, 0.05) is 19.7 Å². The summed E-state index contributed by atoms with van der Waals surface area (Å²) in [5.41, 5.74) is 1.79. The molecule has 1 rings (SSSR count). The smallest absolute Gasteiger partial charge is 0.306 e. The van der Waals surface area contributed by atoms with E-state index in [1.807, 2.05) is 32.0 Å². The van der Waals surface area contributed by atoms with Crippen LogP contribution in [0, 0.1) is 5.92 Å². The highest BCUT2D eigenvalue weighted by atomic mass is 16.5. The van der Waals surface area contributed by atoms with Gasteiger partial charge in [-0.2, -0.15) is 0 Å². The number of hydrogen-bond donors (Lipinski definition) is 0. The third-order valence-corrected chi connectivity index (χ3v) is 2.59. The molecule has 0 unspecified atom stereocenters. The maximum atomic E-state index is 11.4. The second-order valence-corrected chi connectivity index (χ2v) is 4.20. The maximum Gasteiger partial charge on any atom is 0.306 e. The van der Waals surface area contributed by atoms with Crippen molar-refractivity contribution in [3.05, 3.63) is 30.1 Å². The van der Waals surface area contributed by atoms with Crippen LogP contribution in [0.4, 0.5) is 0 Å². The number of aromatic nitrogens is 1. The molecule has 0 saturated carbocycles. The monoisotopic (exact) mass is 248 g/mol. The number of rotatable bonds is 6. The van der Waals surface area contributed by atoms with Gasteiger partial charge < -0.3 is 4.74 Å². The topological polar surface area (TPSA) is 51.5 Å². The van der Waals surface area contributed by atoms with Gasteiger partial charge in [0.05, 0.1) is 18.0 Å². The Morgan fingerprint density at radius 1 is 1.44 bits per heavy atom. The number of hydrogen-bond acceptors (Lipinski definition) is 4. The summed E-state index contributed by atoms with van der Waals surface area (Å²) in [6.45, 7) is 4.26. The zero-order valence-corrected chi connectivity index (χ0v) is 11.2. The molecule has 4 heteroatoms. The Morgan fingerprint density at radius 3 is 2.78 bits per heavy atom. The van der Waals surface area contributed by atoms with E-state index in [0.717, 1.165) is 17.8 Å². The van der Waals surface area contributed by atoms with E-state index in [1.54, 1.807) is 13.2 Å². The number of ether oxygens (including phenoxy) is 1. The second kappa shape index (κ2) is 7.58. The van der Waals surface area contributed by atoms with Crippen LogP contribution in [-0.4, -0.2) is 30.3 Å². The lowest BCUT2D eigenvalue weighted by Crippen LogP contribution is -2.14. The van der Waals surface area contributed by atoms with Crippen LogP contribution in [0.5, 0.6) is 0 Å². The fourth-order valence-corrected chi connectivity index (χ4v) is 1.75. The Morgan fingerprint density at radius 2 is 2.22 bits per heavy atom. The number of esters is 1. The molecule has 0 saturated heterocycles. The predicted octanol–water partition coefficient (Wildman–Crippen LogP) is 2.48. The molecule has 98 valence electrons. The van der Waals surface area contributed by atoms with Crippen LogP contribution in [0.2, 0.25) is 0 Å². The maximum absolute atomic E-state index is 11.4. The van der Waals surface area contributed by atoms with Gasteiger partial charge in [-0.15, -0.1) is 0 Å². The van der Waals surface area contributed by atoms with Crippen molar-refractivity contribution in [3.8, 4) is 0 Å². The summed E-state index contributed by atoms with van der Waals surface area (Å²) in [7, 11) is 1.75. The van der Waals surface area contributed by atoms with Gasteiger partial charge in [-0.3, -0.25) is 14.8 Å². The molecule has 4 nitrogen and oxygen atoms in total. The second-order valence-electron chi connectivity index (χ2n) is 4.20. The Labute approximate surface area is 108 Å². The highest BCUT2D eigenvalue weighted by Crippen LogP contribution is 2.13. The molecule has 0 aliphatic rings. The normalized spacial score (nSPS) is 13.2. The van der Waals surface area contributed by atoms with E-state index in [1.165, 1.54) is 0 Å². The van der Waals surface area contributed by atoms with Crippen molar-refractivity contribution in [2.24, 2.45) is 10.9 Å². The first-order chi connectivity index (χ1) is 8.67. The fourth-order valence-electron chi connectivity index (χ4n) is 1.75. The third-order valence-electron chi connectivity index (χ3n) is 2.59. The molecule has 1 heterocycles. The molecule has 0 aromatic carbocycles. The summed E-state index contributed by atoms with van der Waals surface area (Å²) in [6, 6.07) is 5.74. The lowest BCUT2D eigenvalue weighted by atomic mass is 9.98. The highest BCUT2D eigenvalue weighted by molar-refractivity contribution is 5.99. The van der Waals surface area contributed by atoms with Crippen molar-refractivity contribution < 1.29 is 9.53 Å². The molecule has 1 aromatic rings. The first kappa shape index (κ1) is 14.4. The molecule has 18 heavy (non-hydrogen) atoms. The lowest BCUT2D eigenvalue weighted by Gasteiger charge is -2.12. The van der Waals surface area contributed by atoms with Crippen molar-refractivity contribution in [2.45, 2.75) is 26.7 Å². The molecule has 0 radical (unpaired) electrons. The van der Waals surface area contributed by atoms with Crippen LogP contribution in [-0.2, 0) is 9.53 Å². The molecule has 0 fully saturated rings. The van der Waals surface area contributed by atoms with Crippen molar-refractivity contribution in [1.82, 2.24) is 4.98 Å². The standard InChI is InChI=1S/C14H20N2O2/c1-4-18-14(17)10-11(2)9-13(15-3)12-7-5-6-8-16-12/h5-8,11H,4,9-10H2,1-3H3/b15-13-/t11-/m0/s1. The Hall–Kier alpha value is -1.71. The first-order valence-corrected chi connectivity index (χ1v) is 6.20. The highest BCUT2D eigenvalue weighted by Gasteiger charge is 2.14. The quantitative estimate of drug-likeness (QED) is 0.574. The molecule has 1 aromatic heterocycles. The van der Waals surface area contributed by atoms with Gasteiger partial charge in [-0.25, -0.2) is 0 Å². The fraction of sp³-hybridized carbons (Fsp3) is 0.500. The average molecular weight is 248 g/mol. The summed E-state index contributed by atoms with van der Waals surface area (Å²) >= 11 is 0. The van der Waals surface area contributed by atoms with Crippen LogP contribution < -0.4 is 0 Å². The van der Waals surface area contributed by atoms with Gasteiger partial charge in [0.25, 0.3) is 0 Å². The summed E-state index contributed by atoms with van der Waals surface area (Å²) in [6.07, 6.45) is 2.89. The number of pyridine rings is 1. The van der Waals surface area contributed by atoms with Gasteiger partial charge in [-0.05, 0) is 31.4 Å². The van der Waals surface area contributed by atoms with Gasteiger partial charge in [0.15, 0.2) is 0 Å². The van der Waals surface area contributed by atoms with Gasteiger partial charge in [-0.1, -0.05) is 13.0 Å². The zero-order valence-electron chi connectivity index (χ0n) is 11.2. The largest absolute Gasteiger partial charge is 0.466 e. The van der Waals surface area contributed by atoms with E-state index in [4.69, 9.17) is 4.74 Å². The van der Waals surface area contributed by atoms with Crippen molar-refractivity contribution in [1.29, 1.82) is 0 Å². The lowest BCUT2D eigenvalue weighted by molar-refractivity contribution is -0.144. The molecule has 0 aliphatic heterocycles. The Balaban J connectivity index is 2.57. The molecule has 0 bridgehead atoms. The Kier molecular flexibility index (Phi) is 6.05. The summed E-state index contributed by atoms with van der Waals surface area (Å²) in [5, 5.41) is 0. The van der Waals surface area contributed by atoms with Gasteiger partial charge >= 0.3 is 5.97 Å². The molecule has 0 N–H and O–H groups in total. The predicted molar refractivity (Wildman–Crippen MR) is 71.7 cm³/mol. The number of carbonyl (C=O) groups excluding carboxylic acids is 1. The molecule has 1 atom stereocenters. The van der Waals surface area contributed by atoms with Crippen LogP contribution in [0.1, 0.15) is 32.4 Å². The molecule has 0 aliphatic carbocycles. The number of aliphatic imine (C=N–C) groups is 1. The average Bonchev–Trinajstić information content (AvgIpc) is 2.37. The van der Waals surface area contributed by atoms with Crippen molar-refractivity contribution in [3.63, 3.8) is 0 Å². The third kappa shape index (κ3) is 4.65. The van der Waals surface area contributed by atoms with E-state index < -0.39 is 0 Å². The summed E-state index contributed by atoms with van der Waals surface area (Å²) in [5.74, 6) is 0.0474. The zero-order chi connectivity index (χ0) is 13.4. The number of carbonyl (C=O) groups is 1. The summed E-state index contributed by atoms with van der Waals surface area (Å²) in [4.78, 5) is 19.9. The van der Waals surface area contributed by atoms with E-state index >= 15 is 0 Å². The van der Waals surface area contributed by atoms with Crippen LogP contribution in [0.25, 0.3) is 0 Å². The van der Waals surface area contributed by atoms with Crippen molar-refractivity contribution in [2.75, 3.05) is 13.7 Å². The van der Waals surface area contributed by atoms with E-state index in [9.17, 15) is 4.79 Å². The molecule has 0 amide bonds. The van der Waals surface area contributed by atoms with Gasteiger partial charge in [0.2, 0.25) is 0 Å². The Bertz CT molecular complexity index is 402. The van der Waals surface area contributed by atoms with Gasteiger partial charge in [0.1, 0.15) is 0 Å². The van der Waals surface area contributed by atoms with E-state index in [2.05, 4.69) is 9.98 Å². The molecule has 0 spiro atoms. The van der Waals surface area contributed by atoms with E-state index in [-0.39, 0.29) is 11.9 Å². The first-order valence-electron chi connectivity index (χ1n) is 6.20. The minimum absolute atomic E-state index is 0.151. The van der Waals surface area contributed by atoms with Crippen LogP contribution >= 0.6 is 0 Å². The molecular weight excluding hydrogens is 228 g/mol. The molecular formula is C14H20N2O2. The minimum atomic E-state index is -0.151. The minimum Gasteiger partial charge on any atom is -0.466 e. The summed E-state index contributed by atoms with van der Waals surface area (Å²) < 4.78 is 4.94. The van der Waals surface area contributed by atoms with Crippen molar-refractivity contribution >= 4 is 11.7 Å². The van der Waals surface area contributed by atoms with E-state index in [0.29, 0.717) is 13.0 Å². The van der Waals surface area contributed by atoms with Crippen LogP contribution in [0.15, 0.2) is 29.4 Å².